The highest BCUT2D eigenvalue weighted by molar-refractivity contribution is 7.92. The molecule has 30 heavy (non-hydrogen) atoms. The lowest BCUT2D eigenvalue weighted by Gasteiger charge is -2.19. The Morgan fingerprint density at radius 3 is 2.27 bits per heavy atom. The fourth-order valence-electron chi connectivity index (χ4n) is 2.77. The van der Waals surface area contributed by atoms with E-state index in [9.17, 15) is 13.2 Å². The fraction of sp³-hybridized carbons (Fsp3) is 0.174. The van der Waals surface area contributed by atoms with Gasteiger partial charge in [-0.3, -0.25) is 4.31 Å². The topological polar surface area (TPSA) is 72.9 Å². The van der Waals surface area contributed by atoms with Crippen molar-refractivity contribution in [1.29, 1.82) is 0 Å². The molecule has 0 fully saturated rings. The minimum Gasteiger partial charge on any atom is -0.482 e. The predicted octanol–water partition coefficient (Wildman–Crippen LogP) is 4.11. The van der Waals surface area contributed by atoms with Crippen LogP contribution in [0.15, 0.2) is 77.7 Å². The Morgan fingerprint density at radius 2 is 1.60 bits per heavy atom. The highest BCUT2D eigenvalue weighted by Gasteiger charge is 2.21. The Bertz CT molecular complexity index is 1130. The van der Waals surface area contributed by atoms with Gasteiger partial charge < -0.3 is 9.47 Å². The Labute approximate surface area is 176 Å². The molecule has 0 aliphatic carbocycles. The first-order chi connectivity index (χ1) is 14.3. The first-order valence-corrected chi connectivity index (χ1v) is 10.8. The van der Waals surface area contributed by atoms with Crippen LogP contribution in [0, 0.1) is 13.8 Å². The molecule has 0 unspecified atom stereocenters. The maximum absolute atomic E-state index is 12.7. The zero-order valence-electron chi connectivity index (χ0n) is 17.0. The van der Waals surface area contributed by atoms with Gasteiger partial charge in [0.2, 0.25) is 0 Å². The van der Waals surface area contributed by atoms with Gasteiger partial charge in [-0.2, -0.15) is 0 Å². The summed E-state index contributed by atoms with van der Waals surface area (Å²) in [5.74, 6) is 0.391. The second-order valence-electron chi connectivity index (χ2n) is 6.81. The van der Waals surface area contributed by atoms with Crippen LogP contribution in [-0.4, -0.2) is 28.0 Å². The quantitative estimate of drug-likeness (QED) is 0.421. The minimum absolute atomic E-state index is 0.201. The number of hydrogen-bond acceptors (Lipinski definition) is 5. The lowest BCUT2D eigenvalue weighted by Crippen LogP contribution is -2.26. The van der Waals surface area contributed by atoms with E-state index >= 15 is 0 Å². The van der Waals surface area contributed by atoms with E-state index in [1.807, 2.05) is 32.0 Å². The summed E-state index contributed by atoms with van der Waals surface area (Å²) in [6.45, 7) is 3.62. The molecule has 0 atom stereocenters. The number of esters is 1. The molecule has 0 amide bonds. The maximum Gasteiger partial charge on any atom is 0.349 e. The van der Waals surface area contributed by atoms with Crippen molar-refractivity contribution in [3.63, 3.8) is 0 Å². The monoisotopic (exact) mass is 425 g/mol. The molecule has 0 bridgehead atoms. The van der Waals surface area contributed by atoms with Gasteiger partial charge in [0.25, 0.3) is 10.0 Å². The summed E-state index contributed by atoms with van der Waals surface area (Å²) in [5, 5.41) is 0. The van der Waals surface area contributed by atoms with Crippen LogP contribution in [0.25, 0.3) is 0 Å². The summed E-state index contributed by atoms with van der Waals surface area (Å²) in [4.78, 5) is 12.3. The number of aryl methyl sites for hydroxylation is 2. The van der Waals surface area contributed by atoms with Crippen molar-refractivity contribution in [2.75, 3.05) is 18.0 Å². The molecule has 6 nitrogen and oxygen atoms in total. The van der Waals surface area contributed by atoms with Crippen LogP contribution in [-0.2, 0) is 14.8 Å². The van der Waals surface area contributed by atoms with Gasteiger partial charge in [-0.05, 0) is 67.4 Å². The molecule has 0 radical (unpaired) electrons. The smallest absolute Gasteiger partial charge is 0.349 e. The molecule has 0 aliphatic rings. The van der Waals surface area contributed by atoms with Crippen LogP contribution >= 0.6 is 0 Å². The number of carbonyl (C=O) groups excluding carboxylic acids is 1. The molecular formula is C23H23NO5S. The van der Waals surface area contributed by atoms with Crippen LogP contribution in [0.2, 0.25) is 0 Å². The third-order valence-corrected chi connectivity index (χ3v) is 6.32. The summed E-state index contributed by atoms with van der Waals surface area (Å²) in [7, 11) is -2.20. The molecule has 0 spiro atoms. The van der Waals surface area contributed by atoms with E-state index in [-0.39, 0.29) is 11.5 Å². The Morgan fingerprint density at radius 1 is 0.933 bits per heavy atom. The largest absolute Gasteiger partial charge is 0.482 e. The molecule has 0 aliphatic heterocycles. The van der Waals surface area contributed by atoms with E-state index in [1.165, 1.54) is 23.5 Å². The number of carbonyl (C=O) groups is 1. The second kappa shape index (κ2) is 9.00. The lowest BCUT2D eigenvalue weighted by atomic mass is 10.1. The standard InChI is InChI=1S/C23H23NO5S/c1-17-9-10-18(2)22(15-17)28-16-23(25)29-20-13-11-19(12-14-20)24(3)30(26,27)21-7-5-4-6-8-21/h4-15H,16H2,1-3H3. The summed E-state index contributed by atoms with van der Waals surface area (Å²) in [6, 6.07) is 20.2. The van der Waals surface area contributed by atoms with Crippen molar-refractivity contribution in [3.8, 4) is 11.5 Å². The SMILES string of the molecule is Cc1ccc(C)c(OCC(=O)Oc2ccc(N(C)S(=O)(=O)c3ccccc3)cc2)c1. The molecule has 3 rings (SSSR count). The maximum atomic E-state index is 12.7. The van der Waals surface area contributed by atoms with Crippen LogP contribution in [0.5, 0.6) is 11.5 Å². The van der Waals surface area contributed by atoms with E-state index in [4.69, 9.17) is 9.47 Å². The van der Waals surface area contributed by atoms with E-state index in [1.54, 1.807) is 42.5 Å². The molecule has 3 aromatic carbocycles. The van der Waals surface area contributed by atoms with Crippen molar-refractivity contribution >= 4 is 21.7 Å². The fourth-order valence-corrected chi connectivity index (χ4v) is 3.99. The molecule has 7 heteroatoms. The summed E-state index contributed by atoms with van der Waals surface area (Å²) in [6.07, 6.45) is 0. The van der Waals surface area contributed by atoms with Crippen LogP contribution in [0.4, 0.5) is 5.69 Å². The number of benzene rings is 3. The Kier molecular flexibility index (Phi) is 6.42. The van der Waals surface area contributed by atoms with Crippen molar-refractivity contribution in [3.05, 3.63) is 83.9 Å². The van der Waals surface area contributed by atoms with Gasteiger partial charge in [0.05, 0.1) is 10.6 Å². The summed E-state index contributed by atoms with van der Waals surface area (Å²) >= 11 is 0. The molecular weight excluding hydrogens is 402 g/mol. The van der Waals surface area contributed by atoms with Gasteiger partial charge >= 0.3 is 5.97 Å². The zero-order valence-corrected chi connectivity index (χ0v) is 17.8. The summed E-state index contributed by atoms with van der Waals surface area (Å²) in [5.41, 5.74) is 2.42. The van der Waals surface area contributed by atoms with Crippen molar-refractivity contribution < 1.29 is 22.7 Å². The van der Waals surface area contributed by atoms with E-state index in [2.05, 4.69) is 0 Å². The van der Waals surface area contributed by atoms with Gasteiger partial charge in [0, 0.05) is 7.05 Å². The molecule has 0 N–H and O–H groups in total. The van der Waals surface area contributed by atoms with Gasteiger partial charge in [-0.15, -0.1) is 0 Å². The molecule has 0 saturated carbocycles. The van der Waals surface area contributed by atoms with Gasteiger partial charge in [0.15, 0.2) is 6.61 Å². The van der Waals surface area contributed by atoms with Gasteiger partial charge in [0.1, 0.15) is 11.5 Å². The molecule has 156 valence electrons. The first-order valence-electron chi connectivity index (χ1n) is 9.32. The third-order valence-electron chi connectivity index (χ3n) is 4.52. The van der Waals surface area contributed by atoms with Crippen LogP contribution in [0.3, 0.4) is 0 Å². The number of rotatable bonds is 7. The van der Waals surface area contributed by atoms with Crippen molar-refractivity contribution in [2.24, 2.45) is 0 Å². The van der Waals surface area contributed by atoms with Crippen molar-refractivity contribution in [2.45, 2.75) is 18.7 Å². The first kappa shape index (κ1) is 21.4. The average molecular weight is 426 g/mol. The van der Waals surface area contributed by atoms with Gasteiger partial charge in [-0.1, -0.05) is 30.3 Å². The number of nitrogens with zero attached hydrogens (tertiary/aromatic N) is 1. The minimum atomic E-state index is -3.67. The Balaban J connectivity index is 1.63. The molecule has 0 heterocycles. The lowest BCUT2D eigenvalue weighted by molar-refractivity contribution is -0.136. The zero-order chi connectivity index (χ0) is 21.7. The number of hydrogen-bond donors (Lipinski definition) is 0. The van der Waals surface area contributed by atoms with E-state index in [0.717, 1.165) is 11.1 Å². The van der Waals surface area contributed by atoms with Crippen LogP contribution < -0.4 is 13.8 Å². The Hall–Kier alpha value is -3.32. The second-order valence-corrected chi connectivity index (χ2v) is 8.78. The predicted molar refractivity (Wildman–Crippen MR) is 116 cm³/mol. The highest BCUT2D eigenvalue weighted by atomic mass is 32.2. The molecule has 0 aromatic heterocycles. The molecule has 3 aromatic rings. The third kappa shape index (κ3) is 4.99. The number of sulfonamides is 1. The van der Waals surface area contributed by atoms with Gasteiger partial charge in [-0.25, -0.2) is 13.2 Å². The highest BCUT2D eigenvalue weighted by Crippen LogP contribution is 2.24. The normalized spacial score (nSPS) is 11.0. The summed E-state index contributed by atoms with van der Waals surface area (Å²) < 4.78 is 37.4. The van der Waals surface area contributed by atoms with E-state index < -0.39 is 16.0 Å². The molecule has 0 saturated heterocycles. The van der Waals surface area contributed by atoms with Crippen molar-refractivity contribution in [1.82, 2.24) is 0 Å². The van der Waals surface area contributed by atoms with E-state index in [0.29, 0.717) is 17.2 Å². The van der Waals surface area contributed by atoms with Crippen LogP contribution in [0.1, 0.15) is 11.1 Å². The number of ether oxygens (including phenoxy) is 2. The average Bonchev–Trinajstić information content (AvgIpc) is 2.75. The number of anilines is 1.